The van der Waals surface area contributed by atoms with Gasteiger partial charge in [-0.3, -0.25) is 4.90 Å². The van der Waals surface area contributed by atoms with Gasteiger partial charge in [-0.1, -0.05) is 0 Å². The normalized spacial score (nSPS) is 27.5. The van der Waals surface area contributed by atoms with Crippen LogP contribution in [0.4, 0.5) is 4.79 Å². The molecule has 0 saturated carbocycles. The maximum atomic E-state index is 12.5. The molecule has 0 radical (unpaired) electrons. The van der Waals surface area contributed by atoms with E-state index in [9.17, 15) is 9.59 Å². The number of carbonyl (C=O) groups excluding carboxylic acids is 2. The van der Waals surface area contributed by atoms with Crippen LogP contribution < -0.4 is 0 Å². The van der Waals surface area contributed by atoms with E-state index < -0.39 is 35.5 Å². The lowest BCUT2D eigenvalue weighted by atomic mass is 10.1. The van der Waals surface area contributed by atoms with Crippen LogP contribution in [0.5, 0.6) is 0 Å². The van der Waals surface area contributed by atoms with Crippen molar-refractivity contribution in [2.75, 3.05) is 13.7 Å². The minimum absolute atomic E-state index is 0.227. The molecule has 2 atom stereocenters. The summed E-state index contributed by atoms with van der Waals surface area (Å²) in [6, 6.07) is -0.498. The smallest absolute Gasteiger partial charge is 0.413 e. The Kier molecular flexibility index (Phi) is 4.12. The predicted octanol–water partition coefficient (Wildman–Crippen LogP) is 1.81. The summed E-state index contributed by atoms with van der Waals surface area (Å²) in [6.45, 7) is 9.14. The minimum atomic E-state index is -0.860. The van der Waals surface area contributed by atoms with Crippen molar-refractivity contribution in [3.63, 3.8) is 0 Å². The van der Waals surface area contributed by atoms with E-state index in [0.29, 0.717) is 5.76 Å². The Bertz CT molecular complexity index is 505. The first-order valence-electron chi connectivity index (χ1n) is 7.17. The molecule has 0 bridgehead atoms. The number of cyclic esters (lactones) is 1. The topological polar surface area (TPSA) is 74.3 Å². The molecule has 22 heavy (non-hydrogen) atoms. The molecule has 2 rings (SSSR count). The molecule has 2 aliphatic heterocycles. The monoisotopic (exact) mass is 313 g/mol. The van der Waals surface area contributed by atoms with Gasteiger partial charge < -0.3 is 18.9 Å². The fraction of sp³-hybridized carbons (Fsp3) is 0.733. The Morgan fingerprint density at radius 2 is 2.05 bits per heavy atom. The van der Waals surface area contributed by atoms with Gasteiger partial charge in [-0.05, 0) is 34.6 Å². The Morgan fingerprint density at radius 3 is 2.59 bits per heavy atom. The van der Waals surface area contributed by atoms with Gasteiger partial charge in [0.1, 0.15) is 23.1 Å². The maximum Gasteiger partial charge on any atom is 0.413 e. The fourth-order valence-corrected chi connectivity index (χ4v) is 2.58. The molecule has 0 aromatic carbocycles. The van der Waals surface area contributed by atoms with Crippen LogP contribution in [-0.4, -0.2) is 54.2 Å². The lowest BCUT2D eigenvalue weighted by Crippen LogP contribution is -2.53. The number of hydrogen-bond acceptors (Lipinski definition) is 6. The molecular formula is C15H23NO6. The molecule has 0 aliphatic carbocycles. The number of amides is 1. The second-order valence-electron chi connectivity index (χ2n) is 6.78. The first kappa shape index (κ1) is 16.6. The van der Waals surface area contributed by atoms with Crippen molar-refractivity contribution < 1.29 is 28.5 Å². The molecule has 1 fully saturated rings. The second kappa shape index (κ2) is 5.46. The van der Waals surface area contributed by atoms with Crippen molar-refractivity contribution in [1.82, 2.24) is 4.90 Å². The van der Waals surface area contributed by atoms with Crippen molar-refractivity contribution in [2.45, 2.75) is 58.1 Å². The van der Waals surface area contributed by atoms with Crippen molar-refractivity contribution in [1.29, 1.82) is 0 Å². The van der Waals surface area contributed by atoms with Gasteiger partial charge in [0.2, 0.25) is 0 Å². The van der Waals surface area contributed by atoms with Crippen molar-refractivity contribution in [3.05, 3.63) is 11.8 Å². The summed E-state index contributed by atoms with van der Waals surface area (Å²) in [5.74, 6) is -0.111. The van der Waals surface area contributed by atoms with Crippen LogP contribution in [0.3, 0.4) is 0 Å². The number of rotatable bonds is 2. The highest BCUT2D eigenvalue weighted by Crippen LogP contribution is 2.35. The molecule has 2 heterocycles. The summed E-state index contributed by atoms with van der Waals surface area (Å²) in [4.78, 5) is 25.5. The van der Waals surface area contributed by atoms with Gasteiger partial charge >= 0.3 is 12.1 Å². The molecule has 2 aliphatic rings. The average Bonchev–Trinajstić information content (AvgIpc) is 2.86. The lowest BCUT2D eigenvalue weighted by Gasteiger charge is -2.36. The highest BCUT2D eigenvalue weighted by Gasteiger charge is 2.52. The predicted molar refractivity (Wildman–Crippen MR) is 76.9 cm³/mol. The quantitative estimate of drug-likeness (QED) is 0.724. The Balaban J connectivity index is 2.26. The molecule has 0 spiro atoms. The zero-order valence-corrected chi connectivity index (χ0v) is 13.8. The third-order valence-corrected chi connectivity index (χ3v) is 3.48. The first-order valence-corrected chi connectivity index (χ1v) is 7.17. The van der Waals surface area contributed by atoms with Crippen LogP contribution in [0.15, 0.2) is 11.8 Å². The van der Waals surface area contributed by atoms with E-state index in [-0.39, 0.29) is 6.61 Å². The Hall–Kier alpha value is -1.76. The van der Waals surface area contributed by atoms with Gasteiger partial charge in [0.15, 0.2) is 6.10 Å². The summed E-state index contributed by atoms with van der Waals surface area (Å²) in [5.41, 5.74) is -1.49. The molecule has 7 heteroatoms. The number of hydrogen-bond donors (Lipinski definition) is 0. The molecule has 124 valence electrons. The van der Waals surface area contributed by atoms with Crippen LogP contribution in [0.25, 0.3) is 0 Å². The summed E-state index contributed by atoms with van der Waals surface area (Å²) in [7, 11) is 1.46. The maximum absolute atomic E-state index is 12.5. The van der Waals surface area contributed by atoms with Gasteiger partial charge in [-0.25, -0.2) is 9.59 Å². The summed E-state index contributed by atoms with van der Waals surface area (Å²) < 4.78 is 21.6. The van der Waals surface area contributed by atoms with E-state index in [0.717, 1.165) is 0 Å². The van der Waals surface area contributed by atoms with E-state index in [2.05, 4.69) is 0 Å². The SMILES string of the molecule is COC1=CC(=O)OC1[C@@H]1COC(C)(C)N1C(=O)OC(C)(C)C. The number of ether oxygens (including phenoxy) is 4. The van der Waals surface area contributed by atoms with Gasteiger partial charge in [0, 0.05) is 0 Å². The average molecular weight is 313 g/mol. The van der Waals surface area contributed by atoms with Crippen molar-refractivity contribution >= 4 is 12.1 Å². The molecule has 1 saturated heterocycles. The van der Waals surface area contributed by atoms with Crippen LogP contribution >= 0.6 is 0 Å². The third-order valence-electron chi connectivity index (χ3n) is 3.48. The number of esters is 1. The van der Waals surface area contributed by atoms with E-state index >= 15 is 0 Å². The second-order valence-corrected chi connectivity index (χ2v) is 6.78. The highest BCUT2D eigenvalue weighted by atomic mass is 16.6. The third kappa shape index (κ3) is 3.19. The van der Waals surface area contributed by atoms with Crippen molar-refractivity contribution in [3.8, 4) is 0 Å². The van der Waals surface area contributed by atoms with Gasteiger partial charge in [0.05, 0.1) is 19.8 Å². The minimum Gasteiger partial charge on any atom is -0.497 e. The van der Waals surface area contributed by atoms with Gasteiger partial charge in [-0.15, -0.1) is 0 Å². The van der Waals surface area contributed by atoms with Crippen molar-refractivity contribution in [2.24, 2.45) is 0 Å². The van der Waals surface area contributed by atoms with E-state index in [4.69, 9.17) is 18.9 Å². The standard InChI is InChI=1S/C15H23NO6/c1-14(2,3)22-13(18)16-9(8-20-15(16,4)5)12-10(19-6)7-11(17)21-12/h7,9,12H,8H2,1-6H3/t9-,12?/m0/s1. The Morgan fingerprint density at radius 1 is 1.41 bits per heavy atom. The van der Waals surface area contributed by atoms with E-state index in [1.807, 2.05) is 0 Å². The molecular weight excluding hydrogens is 290 g/mol. The molecule has 7 nitrogen and oxygen atoms in total. The van der Waals surface area contributed by atoms with Crippen LogP contribution in [-0.2, 0) is 23.7 Å². The number of carbonyl (C=O) groups is 2. The molecule has 1 amide bonds. The van der Waals surface area contributed by atoms with E-state index in [1.165, 1.54) is 18.1 Å². The van der Waals surface area contributed by atoms with Gasteiger partial charge in [-0.2, -0.15) is 0 Å². The van der Waals surface area contributed by atoms with Crippen LogP contribution in [0.1, 0.15) is 34.6 Å². The molecule has 0 aromatic heterocycles. The first-order chi connectivity index (χ1) is 10.0. The molecule has 0 N–H and O–H groups in total. The van der Waals surface area contributed by atoms with Crippen LogP contribution in [0, 0.1) is 0 Å². The summed E-state index contributed by atoms with van der Waals surface area (Å²) in [6.07, 6.45) is 0.0775. The molecule has 0 aromatic rings. The highest BCUT2D eigenvalue weighted by molar-refractivity contribution is 5.85. The van der Waals surface area contributed by atoms with E-state index in [1.54, 1.807) is 34.6 Å². The fourth-order valence-electron chi connectivity index (χ4n) is 2.58. The summed E-state index contributed by atoms with van der Waals surface area (Å²) >= 11 is 0. The van der Waals surface area contributed by atoms with Crippen LogP contribution in [0.2, 0.25) is 0 Å². The zero-order valence-electron chi connectivity index (χ0n) is 13.8. The largest absolute Gasteiger partial charge is 0.497 e. The Labute approximate surface area is 130 Å². The number of methoxy groups -OCH3 is 1. The van der Waals surface area contributed by atoms with Gasteiger partial charge in [0.25, 0.3) is 0 Å². The number of nitrogens with zero attached hydrogens (tertiary/aromatic N) is 1. The lowest BCUT2D eigenvalue weighted by molar-refractivity contribution is -0.142. The zero-order chi connectivity index (χ0) is 16.7. The molecule has 1 unspecified atom stereocenters. The summed E-state index contributed by atoms with van der Waals surface area (Å²) in [5, 5.41) is 0.